The molecule has 0 unspecified atom stereocenters. The van der Waals surface area contributed by atoms with Crippen LogP contribution in [0.3, 0.4) is 0 Å². The molecular formula is C39H43ClN2O6. The Morgan fingerprint density at radius 3 is 2.27 bits per heavy atom. The van der Waals surface area contributed by atoms with Crippen LogP contribution in [-0.2, 0) is 16.1 Å². The van der Waals surface area contributed by atoms with E-state index in [9.17, 15) is 30.0 Å². The van der Waals surface area contributed by atoms with Crippen LogP contribution in [0.25, 0.3) is 11.6 Å². The van der Waals surface area contributed by atoms with E-state index >= 15 is 0 Å². The fraction of sp³-hybridized carbons (Fsp3) is 0.385. The predicted molar refractivity (Wildman–Crippen MR) is 186 cm³/mol. The summed E-state index contributed by atoms with van der Waals surface area (Å²) in [6.45, 7) is 1.58. The van der Waals surface area contributed by atoms with E-state index in [1.807, 2.05) is 54.6 Å². The topological polar surface area (TPSA) is 122 Å². The van der Waals surface area contributed by atoms with Gasteiger partial charge in [0.05, 0.1) is 36.2 Å². The normalized spacial score (nSPS) is 23.1. The first-order valence-corrected chi connectivity index (χ1v) is 17.2. The number of aliphatic hydroxyl groups is 3. The first-order chi connectivity index (χ1) is 23.3. The lowest BCUT2D eigenvalue weighted by Crippen LogP contribution is -2.47. The number of halogens is 1. The lowest BCUT2D eigenvalue weighted by atomic mass is 9.68. The van der Waals surface area contributed by atoms with Crippen molar-refractivity contribution in [1.29, 1.82) is 0 Å². The van der Waals surface area contributed by atoms with Gasteiger partial charge >= 0.3 is 0 Å². The lowest BCUT2D eigenvalue weighted by molar-refractivity contribution is -0.144. The first kappa shape index (κ1) is 34.1. The Morgan fingerprint density at radius 1 is 0.938 bits per heavy atom. The van der Waals surface area contributed by atoms with E-state index in [4.69, 9.17) is 11.6 Å². The first-order valence-electron chi connectivity index (χ1n) is 16.8. The number of carbonyl (C=O) groups is 2. The summed E-state index contributed by atoms with van der Waals surface area (Å²) in [5, 5.41) is 43.0. The molecule has 2 amide bonds. The Hall–Kier alpha value is -3.79. The van der Waals surface area contributed by atoms with Crippen LogP contribution in [0.4, 0.5) is 0 Å². The van der Waals surface area contributed by atoms with Crippen molar-refractivity contribution in [3.05, 3.63) is 112 Å². The van der Waals surface area contributed by atoms with Gasteiger partial charge in [0, 0.05) is 31.6 Å². The maximum absolute atomic E-state index is 14.0. The highest BCUT2D eigenvalue weighted by atomic mass is 35.5. The molecule has 3 aliphatic rings. The molecule has 2 fully saturated rings. The van der Waals surface area contributed by atoms with Crippen molar-refractivity contribution in [2.24, 2.45) is 17.8 Å². The summed E-state index contributed by atoms with van der Waals surface area (Å²) in [6.07, 6.45) is 3.11. The summed E-state index contributed by atoms with van der Waals surface area (Å²) in [5.41, 5.74) is 4.78. The zero-order valence-electron chi connectivity index (χ0n) is 26.9. The van der Waals surface area contributed by atoms with Gasteiger partial charge in [-0.3, -0.25) is 19.4 Å². The number of piperidine rings is 1. The number of nitrogens with zero attached hydrogens (tertiary/aromatic N) is 2. The molecule has 48 heavy (non-hydrogen) atoms. The van der Waals surface area contributed by atoms with Crippen molar-refractivity contribution in [2.75, 3.05) is 26.3 Å². The Labute approximate surface area is 286 Å². The predicted octanol–water partition coefficient (Wildman–Crippen LogP) is 5.29. The molecule has 0 spiro atoms. The van der Waals surface area contributed by atoms with Crippen molar-refractivity contribution in [1.82, 2.24) is 9.80 Å². The quantitative estimate of drug-likeness (QED) is 0.124. The second-order valence-corrected chi connectivity index (χ2v) is 13.6. The van der Waals surface area contributed by atoms with Gasteiger partial charge in [0.15, 0.2) is 0 Å². The summed E-state index contributed by atoms with van der Waals surface area (Å²) >= 11 is 6.42. The number of phenols is 1. The van der Waals surface area contributed by atoms with Crippen LogP contribution >= 0.6 is 11.6 Å². The van der Waals surface area contributed by atoms with Crippen molar-refractivity contribution >= 4 is 35.1 Å². The Balaban J connectivity index is 1.18. The maximum Gasteiger partial charge on any atom is 0.234 e. The zero-order chi connectivity index (χ0) is 33.8. The van der Waals surface area contributed by atoms with Crippen LogP contribution < -0.4 is 0 Å². The third-order valence-corrected chi connectivity index (χ3v) is 10.6. The minimum absolute atomic E-state index is 0.0648. The number of hydrogen-bond donors (Lipinski definition) is 4. The molecule has 0 saturated carbocycles. The maximum atomic E-state index is 14.0. The SMILES string of the molecule is O=C1[C@@H]2[C@@H](CC(CO)=C([C@H](O)CC/C(=C/c3ccc(O)cc3Cl)c3ccccc3)[C@@H]2CO)C(=O)N1C1CCN(Cc2ccccc2)CC1. The zero-order valence-corrected chi connectivity index (χ0v) is 27.7. The summed E-state index contributed by atoms with van der Waals surface area (Å²) < 4.78 is 0. The molecule has 2 saturated heterocycles. The van der Waals surface area contributed by atoms with Crippen molar-refractivity contribution in [2.45, 2.75) is 50.8 Å². The standard InChI is InChI=1S/C39H43ClN2O6/c40-34-21-31(45)13-11-28(34)19-27(26-9-5-2-6-10-26)12-14-35(46)36-29(23-43)20-32-37(33(36)24-44)39(48)42(38(32)47)30-15-17-41(18-16-30)22-25-7-3-1-4-8-25/h1-11,13,19,21,30,32-33,35,37,43-46H,12,14-18,20,22-24H2/b27-19-/t32-,33+,35-,37-/m1/s1. The van der Waals surface area contributed by atoms with Crippen LogP contribution in [0.1, 0.15) is 48.8 Å². The third-order valence-electron chi connectivity index (χ3n) is 10.3. The number of phenolic OH excluding ortho intramolecular Hbond substituents is 1. The lowest BCUT2D eigenvalue weighted by Gasteiger charge is -2.36. The number of fused-ring (bicyclic) bond motifs is 1. The van der Waals surface area contributed by atoms with Gasteiger partial charge in [-0.25, -0.2) is 0 Å². The van der Waals surface area contributed by atoms with Gasteiger partial charge in [-0.1, -0.05) is 72.3 Å². The number of aliphatic hydroxyl groups excluding tert-OH is 3. The summed E-state index contributed by atoms with van der Waals surface area (Å²) in [7, 11) is 0. The van der Waals surface area contributed by atoms with Crippen LogP contribution in [0, 0.1) is 17.8 Å². The number of amides is 2. The van der Waals surface area contributed by atoms with Gasteiger partial charge < -0.3 is 20.4 Å². The molecule has 3 aromatic carbocycles. The Morgan fingerprint density at radius 2 is 1.62 bits per heavy atom. The molecule has 252 valence electrons. The smallest absolute Gasteiger partial charge is 0.234 e. The van der Waals surface area contributed by atoms with E-state index in [-0.39, 0.29) is 43.1 Å². The van der Waals surface area contributed by atoms with Crippen molar-refractivity contribution < 1.29 is 30.0 Å². The van der Waals surface area contributed by atoms with E-state index < -0.39 is 30.5 Å². The molecule has 2 aliphatic heterocycles. The van der Waals surface area contributed by atoms with Crippen molar-refractivity contribution in [3.8, 4) is 5.75 Å². The molecule has 6 rings (SSSR count). The highest BCUT2D eigenvalue weighted by molar-refractivity contribution is 6.32. The van der Waals surface area contributed by atoms with Gasteiger partial charge in [-0.15, -0.1) is 0 Å². The molecule has 8 nitrogen and oxygen atoms in total. The third kappa shape index (κ3) is 7.14. The van der Waals surface area contributed by atoms with Gasteiger partial charge in [-0.05, 0) is 89.8 Å². The second-order valence-electron chi connectivity index (χ2n) is 13.2. The number of carbonyl (C=O) groups excluding carboxylic acids is 2. The number of rotatable bonds is 11. The molecule has 0 radical (unpaired) electrons. The van der Waals surface area contributed by atoms with Crippen LogP contribution in [-0.4, -0.2) is 80.5 Å². The molecular weight excluding hydrogens is 628 g/mol. The number of likely N-dealkylation sites (tertiary alicyclic amines) is 2. The molecule has 3 aromatic rings. The molecule has 2 heterocycles. The van der Waals surface area contributed by atoms with E-state index in [0.717, 1.165) is 30.8 Å². The monoisotopic (exact) mass is 670 g/mol. The minimum atomic E-state index is -1.05. The average molecular weight is 671 g/mol. The van der Waals surface area contributed by atoms with Crippen LogP contribution in [0.5, 0.6) is 5.75 Å². The fourth-order valence-electron chi connectivity index (χ4n) is 7.89. The van der Waals surface area contributed by atoms with E-state index in [1.165, 1.54) is 16.5 Å². The largest absolute Gasteiger partial charge is 0.508 e. The second kappa shape index (κ2) is 15.2. The molecule has 0 aromatic heterocycles. The average Bonchev–Trinajstić information content (AvgIpc) is 3.36. The van der Waals surface area contributed by atoms with E-state index in [0.29, 0.717) is 41.0 Å². The molecule has 9 heteroatoms. The number of benzene rings is 3. The molecule has 1 aliphatic carbocycles. The fourth-order valence-corrected chi connectivity index (χ4v) is 8.12. The number of hydrogen-bond acceptors (Lipinski definition) is 7. The van der Waals surface area contributed by atoms with Gasteiger partial charge in [0.1, 0.15) is 5.75 Å². The molecule has 4 atom stereocenters. The highest BCUT2D eigenvalue weighted by Gasteiger charge is 2.56. The van der Waals surface area contributed by atoms with Gasteiger partial charge in [0.2, 0.25) is 11.8 Å². The summed E-state index contributed by atoms with van der Waals surface area (Å²) in [6, 6.07) is 24.5. The minimum Gasteiger partial charge on any atom is -0.508 e. The highest BCUT2D eigenvalue weighted by Crippen LogP contribution is 2.47. The number of imide groups is 1. The Kier molecular flexibility index (Phi) is 10.8. The number of allylic oxidation sites excluding steroid dienone is 1. The molecule has 4 N–H and O–H groups in total. The van der Waals surface area contributed by atoms with Crippen LogP contribution in [0.15, 0.2) is 90.0 Å². The summed E-state index contributed by atoms with van der Waals surface area (Å²) in [4.78, 5) is 31.6. The van der Waals surface area contributed by atoms with Gasteiger partial charge in [0.25, 0.3) is 0 Å². The molecule has 0 bridgehead atoms. The van der Waals surface area contributed by atoms with Crippen molar-refractivity contribution in [3.63, 3.8) is 0 Å². The summed E-state index contributed by atoms with van der Waals surface area (Å²) in [5.74, 6) is -2.65. The van der Waals surface area contributed by atoms with E-state index in [2.05, 4.69) is 17.0 Å². The van der Waals surface area contributed by atoms with E-state index in [1.54, 1.807) is 12.1 Å². The van der Waals surface area contributed by atoms with Gasteiger partial charge in [-0.2, -0.15) is 0 Å². The number of aromatic hydroxyl groups is 1. The van der Waals surface area contributed by atoms with Crippen LogP contribution in [0.2, 0.25) is 5.02 Å². The Bertz CT molecular complexity index is 1670.